The number of non-ortho nitro benzene ring substituents is 1. The van der Waals surface area contributed by atoms with E-state index < -0.39 is 16.1 Å². The van der Waals surface area contributed by atoms with Gasteiger partial charge in [-0.15, -0.1) is 11.8 Å². The molecule has 0 saturated heterocycles. The lowest BCUT2D eigenvalue weighted by Crippen LogP contribution is -2.27. The van der Waals surface area contributed by atoms with Crippen molar-refractivity contribution >= 4 is 29.2 Å². The van der Waals surface area contributed by atoms with Gasteiger partial charge in [-0.2, -0.15) is 0 Å². The largest absolute Gasteiger partial charge is 0.465 e. The van der Waals surface area contributed by atoms with Crippen LogP contribution in [0, 0.1) is 10.1 Å². The average Bonchev–Trinajstić information content (AvgIpc) is 2.36. The van der Waals surface area contributed by atoms with Crippen molar-refractivity contribution in [2.24, 2.45) is 0 Å². The van der Waals surface area contributed by atoms with Crippen LogP contribution in [-0.2, 0) is 14.3 Å². The number of thioether (sulfide) groups is 1. The number of ether oxygens (including phenoxy) is 1. The molecule has 0 bridgehead atoms. The highest BCUT2D eigenvalue weighted by molar-refractivity contribution is 8.01. The van der Waals surface area contributed by atoms with E-state index in [1.54, 1.807) is 6.92 Å². The molecule has 0 N–H and O–H groups in total. The second kappa shape index (κ2) is 6.89. The van der Waals surface area contributed by atoms with E-state index in [4.69, 9.17) is 4.74 Å². The summed E-state index contributed by atoms with van der Waals surface area (Å²) in [5.41, 5.74) is -0.0418. The third-order valence-corrected chi connectivity index (χ3v) is 3.48. The summed E-state index contributed by atoms with van der Waals surface area (Å²) < 4.78 is 4.81. The van der Waals surface area contributed by atoms with Crippen molar-refractivity contribution in [1.29, 1.82) is 0 Å². The number of nitro groups is 1. The summed E-state index contributed by atoms with van der Waals surface area (Å²) in [6, 6.07) is 5.64. The lowest BCUT2D eigenvalue weighted by atomic mass is 10.3. The number of esters is 1. The van der Waals surface area contributed by atoms with E-state index in [0.29, 0.717) is 4.90 Å². The topological polar surface area (TPSA) is 86.5 Å². The SMILES string of the molecule is CCOC(=O)[C@@H](Sc1ccc([N+](=O)[O-])cc1)C(C)=O. The predicted octanol–water partition coefficient (Wildman–Crippen LogP) is 2.21. The van der Waals surface area contributed by atoms with E-state index in [1.807, 2.05) is 0 Å². The van der Waals surface area contributed by atoms with Crippen LogP contribution in [0.5, 0.6) is 0 Å². The van der Waals surface area contributed by atoms with Gasteiger partial charge in [0.2, 0.25) is 0 Å². The molecule has 0 heterocycles. The first-order chi connectivity index (χ1) is 8.95. The maximum Gasteiger partial charge on any atom is 0.327 e. The zero-order valence-corrected chi connectivity index (χ0v) is 11.3. The third kappa shape index (κ3) is 4.36. The van der Waals surface area contributed by atoms with Crippen LogP contribution in [0.3, 0.4) is 0 Å². The zero-order valence-electron chi connectivity index (χ0n) is 10.5. The van der Waals surface area contributed by atoms with Crippen molar-refractivity contribution in [2.45, 2.75) is 24.0 Å². The number of ketones is 1. The molecule has 0 saturated carbocycles. The fraction of sp³-hybridized carbons (Fsp3) is 0.333. The number of benzene rings is 1. The fourth-order valence-electron chi connectivity index (χ4n) is 1.30. The van der Waals surface area contributed by atoms with Crippen molar-refractivity contribution in [3.05, 3.63) is 34.4 Å². The normalized spacial score (nSPS) is 11.7. The molecule has 0 aromatic heterocycles. The minimum Gasteiger partial charge on any atom is -0.465 e. The smallest absolute Gasteiger partial charge is 0.327 e. The van der Waals surface area contributed by atoms with Gasteiger partial charge in [-0.1, -0.05) is 0 Å². The summed E-state index contributed by atoms with van der Waals surface area (Å²) in [4.78, 5) is 33.6. The molecule has 0 aliphatic carbocycles. The third-order valence-electron chi connectivity index (χ3n) is 2.17. The summed E-state index contributed by atoms with van der Waals surface area (Å²) in [5.74, 6) is -0.917. The summed E-state index contributed by atoms with van der Waals surface area (Å²) in [6.07, 6.45) is 0. The van der Waals surface area contributed by atoms with E-state index in [0.717, 1.165) is 11.8 Å². The number of nitrogens with zero attached hydrogens (tertiary/aromatic N) is 1. The van der Waals surface area contributed by atoms with Crippen LogP contribution < -0.4 is 0 Å². The summed E-state index contributed by atoms with van der Waals surface area (Å²) in [5, 5.41) is 9.56. The second-order valence-electron chi connectivity index (χ2n) is 3.61. The molecular weight excluding hydrogens is 270 g/mol. The Hall–Kier alpha value is -1.89. The minimum atomic E-state index is -0.943. The number of carbonyl (C=O) groups is 2. The zero-order chi connectivity index (χ0) is 14.4. The first-order valence-electron chi connectivity index (χ1n) is 5.54. The van der Waals surface area contributed by atoms with Gasteiger partial charge >= 0.3 is 5.97 Å². The fourth-order valence-corrected chi connectivity index (χ4v) is 2.19. The molecule has 1 rings (SSSR count). The molecule has 0 aliphatic heterocycles. The molecule has 0 unspecified atom stereocenters. The van der Waals surface area contributed by atoms with Crippen LogP contribution >= 0.6 is 11.8 Å². The Kier molecular flexibility index (Phi) is 5.50. The first-order valence-corrected chi connectivity index (χ1v) is 6.42. The number of hydrogen-bond donors (Lipinski definition) is 0. The lowest BCUT2D eigenvalue weighted by molar-refractivity contribution is -0.384. The van der Waals surface area contributed by atoms with E-state index in [-0.39, 0.29) is 18.1 Å². The highest BCUT2D eigenvalue weighted by atomic mass is 32.2. The van der Waals surface area contributed by atoms with Crippen molar-refractivity contribution < 1.29 is 19.2 Å². The van der Waals surface area contributed by atoms with Gasteiger partial charge in [-0.3, -0.25) is 19.7 Å². The van der Waals surface area contributed by atoms with Gasteiger partial charge < -0.3 is 4.74 Å². The van der Waals surface area contributed by atoms with Crippen molar-refractivity contribution in [2.75, 3.05) is 6.61 Å². The van der Waals surface area contributed by atoms with Gasteiger partial charge in [0.15, 0.2) is 11.0 Å². The highest BCUT2D eigenvalue weighted by Gasteiger charge is 2.26. The number of Topliss-reactive ketones (excluding diaryl/α,β-unsaturated/α-hetero) is 1. The molecule has 6 nitrogen and oxygen atoms in total. The number of carbonyl (C=O) groups excluding carboxylic acids is 2. The van der Waals surface area contributed by atoms with Crippen molar-refractivity contribution in [3.63, 3.8) is 0 Å². The monoisotopic (exact) mass is 283 g/mol. The standard InChI is InChI=1S/C12H13NO5S/c1-3-18-12(15)11(8(2)14)19-10-6-4-9(5-7-10)13(16)17/h4-7,11H,3H2,1-2H3/t11-/m0/s1. The van der Waals surface area contributed by atoms with E-state index >= 15 is 0 Å². The molecule has 7 heteroatoms. The molecule has 102 valence electrons. The lowest BCUT2D eigenvalue weighted by Gasteiger charge is -2.11. The Balaban J connectivity index is 2.82. The van der Waals surface area contributed by atoms with Crippen LogP contribution in [0.15, 0.2) is 29.2 Å². The Morgan fingerprint density at radius 1 is 1.37 bits per heavy atom. The number of nitro benzene ring substituents is 1. The van der Waals surface area contributed by atoms with Crippen LogP contribution in [0.1, 0.15) is 13.8 Å². The van der Waals surface area contributed by atoms with Crippen LogP contribution in [-0.4, -0.2) is 28.5 Å². The molecule has 0 spiro atoms. The molecule has 0 aliphatic rings. The average molecular weight is 283 g/mol. The van der Waals surface area contributed by atoms with Gasteiger partial charge in [0.25, 0.3) is 5.69 Å². The molecule has 1 atom stereocenters. The molecule has 1 aromatic carbocycles. The quantitative estimate of drug-likeness (QED) is 0.261. The van der Waals surface area contributed by atoms with Crippen LogP contribution in [0.25, 0.3) is 0 Å². The van der Waals surface area contributed by atoms with Crippen LogP contribution in [0.2, 0.25) is 0 Å². The number of rotatable bonds is 6. The Morgan fingerprint density at radius 2 is 1.95 bits per heavy atom. The second-order valence-corrected chi connectivity index (χ2v) is 4.79. The summed E-state index contributed by atoms with van der Waals surface area (Å²) in [7, 11) is 0. The Labute approximate surface area is 114 Å². The van der Waals surface area contributed by atoms with Gasteiger partial charge in [0.05, 0.1) is 11.5 Å². The van der Waals surface area contributed by atoms with Gasteiger partial charge in [0, 0.05) is 17.0 Å². The minimum absolute atomic E-state index is 0.0418. The van der Waals surface area contributed by atoms with Gasteiger partial charge in [0.1, 0.15) is 0 Å². The van der Waals surface area contributed by atoms with Gasteiger partial charge in [-0.05, 0) is 26.0 Å². The van der Waals surface area contributed by atoms with Crippen molar-refractivity contribution in [1.82, 2.24) is 0 Å². The summed E-state index contributed by atoms with van der Waals surface area (Å²) in [6.45, 7) is 3.16. The van der Waals surface area contributed by atoms with Gasteiger partial charge in [-0.25, -0.2) is 0 Å². The molecular formula is C12H13NO5S. The van der Waals surface area contributed by atoms with E-state index in [9.17, 15) is 19.7 Å². The first kappa shape index (κ1) is 15.2. The molecule has 0 fully saturated rings. The highest BCUT2D eigenvalue weighted by Crippen LogP contribution is 2.26. The van der Waals surface area contributed by atoms with E-state index in [1.165, 1.54) is 31.2 Å². The maximum atomic E-state index is 11.6. The van der Waals surface area contributed by atoms with E-state index in [2.05, 4.69) is 0 Å². The van der Waals surface area contributed by atoms with Crippen molar-refractivity contribution in [3.8, 4) is 0 Å². The maximum absolute atomic E-state index is 11.6. The predicted molar refractivity (Wildman–Crippen MR) is 70.1 cm³/mol. The Morgan fingerprint density at radius 3 is 2.37 bits per heavy atom. The Bertz CT molecular complexity index is 485. The summed E-state index contributed by atoms with van der Waals surface area (Å²) >= 11 is 1.02. The molecule has 0 radical (unpaired) electrons. The molecule has 19 heavy (non-hydrogen) atoms. The van der Waals surface area contributed by atoms with Crippen LogP contribution in [0.4, 0.5) is 5.69 Å². The molecule has 1 aromatic rings. The molecule has 0 amide bonds. The number of hydrogen-bond acceptors (Lipinski definition) is 6.